The second kappa shape index (κ2) is 6.75. The quantitative estimate of drug-likeness (QED) is 0.804. The van der Waals surface area contributed by atoms with Gasteiger partial charge >= 0.3 is 5.69 Å². The van der Waals surface area contributed by atoms with Gasteiger partial charge in [0.2, 0.25) is 0 Å². The van der Waals surface area contributed by atoms with Crippen LogP contribution < -0.4 is 11.2 Å². The number of ether oxygens (including phenoxy) is 1. The molecule has 18 heavy (non-hydrogen) atoms. The number of hydrogen-bond acceptors (Lipinski definition) is 3. The minimum atomic E-state index is -0.474. The van der Waals surface area contributed by atoms with Gasteiger partial charge in [0.1, 0.15) is 5.15 Å². The van der Waals surface area contributed by atoms with Crippen LogP contribution in [-0.2, 0) is 11.2 Å². The van der Waals surface area contributed by atoms with Crippen molar-refractivity contribution in [3.8, 4) is 0 Å². The Bertz CT molecular complexity index is 501. The van der Waals surface area contributed by atoms with Gasteiger partial charge < -0.3 is 4.74 Å². The zero-order valence-corrected chi connectivity index (χ0v) is 11.7. The van der Waals surface area contributed by atoms with Crippen LogP contribution in [0.5, 0.6) is 0 Å². The summed E-state index contributed by atoms with van der Waals surface area (Å²) in [6.45, 7) is 4.16. The molecule has 6 heteroatoms. The standard InChI is InChI=1S/C12H19ClN2O3/c1-4-6-8(7-18-3)15-11(16)9(5-2)10(13)14-12(15)17/h8H,4-7H2,1-3H3,(H,14,17). The molecule has 0 spiro atoms. The molecule has 0 radical (unpaired) electrons. The Balaban J connectivity index is 3.38. The Morgan fingerprint density at radius 3 is 2.56 bits per heavy atom. The van der Waals surface area contributed by atoms with Gasteiger partial charge in [0.25, 0.3) is 5.56 Å². The van der Waals surface area contributed by atoms with E-state index in [0.717, 1.165) is 6.42 Å². The molecule has 1 heterocycles. The molecule has 0 bridgehead atoms. The van der Waals surface area contributed by atoms with Crippen LogP contribution in [0.4, 0.5) is 0 Å². The Morgan fingerprint density at radius 1 is 1.39 bits per heavy atom. The van der Waals surface area contributed by atoms with E-state index in [4.69, 9.17) is 16.3 Å². The van der Waals surface area contributed by atoms with Crippen LogP contribution >= 0.6 is 11.6 Å². The lowest BCUT2D eigenvalue weighted by atomic mass is 10.1. The van der Waals surface area contributed by atoms with Gasteiger partial charge in [-0.25, -0.2) is 4.79 Å². The van der Waals surface area contributed by atoms with E-state index in [1.165, 1.54) is 4.57 Å². The normalized spacial score (nSPS) is 12.7. The number of nitrogens with zero attached hydrogens (tertiary/aromatic N) is 1. The highest BCUT2D eigenvalue weighted by molar-refractivity contribution is 6.30. The lowest BCUT2D eigenvalue weighted by Gasteiger charge is -2.18. The van der Waals surface area contributed by atoms with Crippen molar-refractivity contribution in [2.75, 3.05) is 13.7 Å². The number of aromatic amines is 1. The highest BCUT2D eigenvalue weighted by atomic mass is 35.5. The summed E-state index contributed by atoms with van der Waals surface area (Å²) in [4.78, 5) is 26.6. The van der Waals surface area contributed by atoms with E-state index in [0.29, 0.717) is 25.0 Å². The average Bonchev–Trinajstić information content (AvgIpc) is 2.29. The molecule has 1 N–H and O–H groups in total. The second-order valence-corrected chi connectivity index (χ2v) is 4.53. The van der Waals surface area contributed by atoms with Gasteiger partial charge in [-0.1, -0.05) is 31.9 Å². The maximum atomic E-state index is 12.2. The zero-order chi connectivity index (χ0) is 13.7. The number of rotatable bonds is 6. The molecular formula is C12H19ClN2O3. The fourth-order valence-corrected chi connectivity index (χ4v) is 2.31. The van der Waals surface area contributed by atoms with Crippen molar-refractivity contribution in [1.82, 2.24) is 9.55 Å². The van der Waals surface area contributed by atoms with E-state index in [-0.39, 0.29) is 16.8 Å². The van der Waals surface area contributed by atoms with Gasteiger partial charge in [-0.2, -0.15) is 0 Å². The first-order valence-electron chi connectivity index (χ1n) is 6.08. The number of aromatic nitrogens is 2. The van der Waals surface area contributed by atoms with E-state index >= 15 is 0 Å². The first kappa shape index (κ1) is 15.0. The van der Waals surface area contributed by atoms with Crippen molar-refractivity contribution in [3.05, 3.63) is 31.6 Å². The number of halogens is 1. The second-order valence-electron chi connectivity index (χ2n) is 4.15. The summed E-state index contributed by atoms with van der Waals surface area (Å²) in [5.41, 5.74) is -0.354. The van der Waals surface area contributed by atoms with Gasteiger partial charge in [-0.3, -0.25) is 14.3 Å². The molecule has 1 atom stereocenters. The Labute approximate surface area is 111 Å². The van der Waals surface area contributed by atoms with Crippen molar-refractivity contribution in [1.29, 1.82) is 0 Å². The highest BCUT2D eigenvalue weighted by Gasteiger charge is 2.18. The maximum Gasteiger partial charge on any atom is 0.329 e. The lowest BCUT2D eigenvalue weighted by Crippen LogP contribution is -2.41. The zero-order valence-electron chi connectivity index (χ0n) is 11.0. The third kappa shape index (κ3) is 3.03. The fraction of sp³-hybridized carbons (Fsp3) is 0.667. The maximum absolute atomic E-state index is 12.2. The Hall–Kier alpha value is -1.07. The number of methoxy groups -OCH3 is 1. The predicted molar refractivity (Wildman–Crippen MR) is 71.5 cm³/mol. The molecule has 0 saturated carbocycles. The molecule has 0 amide bonds. The van der Waals surface area contributed by atoms with E-state index in [2.05, 4.69) is 4.98 Å². The predicted octanol–water partition coefficient (Wildman–Crippen LogP) is 1.74. The first-order valence-corrected chi connectivity index (χ1v) is 6.46. The lowest BCUT2D eigenvalue weighted by molar-refractivity contribution is 0.146. The molecule has 0 aromatic carbocycles. The topological polar surface area (TPSA) is 64.1 Å². The molecule has 1 unspecified atom stereocenters. The van der Waals surface area contributed by atoms with E-state index < -0.39 is 5.69 Å². The summed E-state index contributed by atoms with van der Waals surface area (Å²) in [6.07, 6.45) is 2.06. The summed E-state index contributed by atoms with van der Waals surface area (Å²) in [6, 6.07) is -0.251. The van der Waals surface area contributed by atoms with Crippen LogP contribution in [0, 0.1) is 0 Å². The van der Waals surface area contributed by atoms with Crippen LogP contribution in [0.2, 0.25) is 5.15 Å². The molecular weight excluding hydrogens is 256 g/mol. The molecule has 5 nitrogen and oxygen atoms in total. The van der Waals surface area contributed by atoms with Gasteiger partial charge in [0.15, 0.2) is 0 Å². The minimum absolute atomic E-state index is 0.136. The largest absolute Gasteiger partial charge is 0.383 e. The molecule has 102 valence electrons. The summed E-state index contributed by atoms with van der Waals surface area (Å²) in [7, 11) is 1.55. The molecule has 0 fully saturated rings. The molecule has 1 rings (SSSR count). The Morgan fingerprint density at radius 2 is 2.06 bits per heavy atom. The van der Waals surface area contributed by atoms with Crippen molar-refractivity contribution in [2.45, 2.75) is 39.2 Å². The minimum Gasteiger partial charge on any atom is -0.383 e. The van der Waals surface area contributed by atoms with Crippen molar-refractivity contribution < 1.29 is 4.74 Å². The third-order valence-corrected chi connectivity index (χ3v) is 3.20. The van der Waals surface area contributed by atoms with Crippen LogP contribution in [0.15, 0.2) is 9.59 Å². The average molecular weight is 275 g/mol. The number of H-pyrrole nitrogens is 1. The van der Waals surface area contributed by atoms with E-state index in [1.54, 1.807) is 7.11 Å². The van der Waals surface area contributed by atoms with E-state index in [9.17, 15) is 9.59 Å². The summed E-state index contributed by atoms with van der Waals surface area (Å²) < 4.78 is 6.30. The first-order chi connectivity index (χ1) is 8.56. The SMILES string of the molecule is CCCC(COC)n1c(=O)[nH]c(Cl)c(CC)c1=O. The molecule has 0 aliphatic rings. The summed E-state index contributed by atoms with van der Waals surface area (Å²) in [5.74, 6) is 0. The number of nitrogens with one attached hydrogen (secondary N) is 1. The van der Waals surface area contributed by atoms with Crippen molar-refractivity contribution >= 4 is 11.6 Å². The monoisotopic (exact) mass is 274 g/mol. The van der Waals surface area contributed by atoms with Gasteiger partial charge in [0, 0.05) is 7.11 Å². The van der Waals surface area contributed by atoms with Gasteiger partial charge in [-0.05, 0) is 12.8 Å². The van der Waals surface area contributed by atoms with Gasteiger partial charge in [-0.15, -0.1) is 0 Å². The molecule has 1 aromatic rings. The third-order valence-electron chi connectivity index (χ3n) is 2.88. The van der Waals surface area contributed by atoms with Crippen LogP contribution in [0.1, 0.15) is 38.3 Å². The van der Waals surface area contributed by atoms with Crippen LogP contribution in [0.25, 0.3) is 0 Å². The highest BCUT2D eigenvalue weighted by Crippen LogP contribution is 2.12. The number of hydrogen-bond donors (Lipinski definition) is 1. The van der Waals surface area contributed by atoms with Gasteiger partial charge in [0.05, 0.1) is 18.2 Å². The van der Waals surface area contributed by atoms with Crippen LogP contribution in [-0.4, -0.2) is 23.3 Å². The Kier molecular flexibility index (Phi) is 5.62. The van der Waals surface area contributed by atoms with Crippen LogP contribution in [0.3, 0.4) is 0 Å². The summed E-state index contributed by atoms with van der Waals surface area (Å²) >= 11 is 5.87. The smallest absolute Gasteiger partial charge is 0.329 e. The fourth-order valence-electron chi connectivity index (χ4n) is 2.01. The molecule has 0 aliphatic heterocycles. The summed E-state index contributed by atoms with van der Waals surface area (Å²) in [5, 5.41) is 0.136. The molecule has 0 aliphatic carbocycles. The van der Waals surface area contributed by atoms with Crippen molar-refractivity contribution in [3.63, 3.8) is 0 Å². The molecule has 0 saturated heterocycles. The van der Waals surface area contributed by atoms with Crippen molar-refractivity contribution in [2.24, 2.45) is 0 Å². The van der Waals surface area contributed by atoms with E-state index in [1.807, 2.05) is 13.8 Å². The molecule has 1 aromatic heterocycles.